The molecule has 2 nitrogen and oxygen atoms in total. The van der Waals surface area contributed by atoms with Crippen LogP contribution in [0.25, 0.3) is 0 Å². The third-order valence-corrected chi connectivity index (χ3v) is 3.57. The van der Waals surface area contributed by atoms with Gasteiger partial charge in [-0.15, -0.1) is 0 Å². The molecular formula is C15H21NO. The summed E-state index contributed by atoms with van der Waals surface area (Å²) in [6.45, 7) is 6.13. The second-order valence-electron chi connectivity index (χ2n) is 5.20. The lowest BCUT2D eigenvalue weighted by atomic mass is 10.0. The Bertz CT molecular complexity index is 400. The predicted molar refractivity (Wildman–Crippen MR) is 70.1 cm³/mol. The van der Waals surface area contributed by atoms with Crippen LogP contribution in [0.15, 0.2) is 24.3 Å². The largest absolute Gasteiger partial charge is 0.339 e. The molecule has 0 N–H and O–H groups in total. The van der Waals surface area contributed by atoms with Crippen LogP contribution in [-0.2, 0) is 0 Å². The van der Waals surface area contributed by atoms with Gasteiger partial charge in [0.05, 0.1) is 0 Å². The Balaban J connectivity index is 2.09. The zero-order valence-electron chi connectivity index (χ0n) is 10.8. The molecule has 2 heteroatoms. The number of aryl methyl sites for hydroxylation is 1. The molecule has 92 valence electrons. The number of hydrogen-bond donors (Lipinski definition) is 0. The van der Waals surface area contributed by atoms with Gasteiger partial charge in [0.2, 0.25) is 0 Å². The minimum atomic E-state index is 0.197. The van der Waals surface area contributed by atoms with Crippen molar-refractivity contribution in [2.45, 2.75) is 33.1 Å². The highest BCUT2D eigenvalue weighted by Crippen LogP contribution is 2.18. The van der Waals surface area contributed by atoms with Crippen molar-refractivity contribution in [3.8, 4) is 0 Å². The Morgan fingerprint density at radius 2 is 2.12 bits per heavy atom. The van der Waals surface area contributed by atoms with Crippen molar-refractivity contribution in [1.29, 1.82) is 0 Å². The Hall–Kier alpha value is -1.31. The minimum absolute atomic E-state index is 0.197. The molecule has 0 radical (unpaired) electrons. The van der Waals surface area contributed by atoms with Crippen molar-refractivity contribution < 1.29 is 4.79 Å². The summed E-state index contributed by atoms with van der Waals surface area (Å²) >= 11 is 0. The lowest BCUT2D eigenvalue weighted by Gasteiger charge is -2.20. The van der Waals surface area contributed by atoms with E-state index in [1.807, 2.05) is 36.1 Å². The van der Waals surface area contributed by atoms with E-state index in [2.05, 4.69) is 6.92 Å². The summed E-state index contributed by atoms with van der Waals surface area (Å²) in [6, 6.07) is 7.89. The number of rotatable bonds is 1. The van der Waals surface area contributed by atoms with E-state index in [0.29, 0.717) is 0 Å². The van der Waals surface area contributed by atoms with Gasteiger partial charge in [-0.05, 0) is 44.2 Å². The lowest BCUT2D eigenvalue weighted by Crippen LogP contribution is -2.32. The highest BCUT2D eigenvalue weighted by atomic mass is 16.2. The van der Waals surface area contributed by atoms with Crippen LogP contribution in [0.5, 0.6) is 0 Å². The third kappa shape index (κ3) is 3.09. The van der Waals surface area contributed by atoms with E-state index >= 15 is 0 Å². The van der Waals surface area contributed by atoms with E-state index in [0.717, 1.165) is 43.0 Å². The van der Waals surface area contributed by atoms with Crippen molar-refractivity contribution in [3.63, 3.8) is 0 Å². The Labute approximate surface area is 104 Å². The topological polar surface area (TPSA) is 20.3 Å². The van der Waals surface area contributed by atoms with Crippen LogP contribution in [0.3, 0.4) is 0 Å². The first-order valence-electron chi connectivity index (χ1n) is 6.53. The van der Waals surface area contributed by atoms with Crippen LogP contribution in [0.1, 0.15) is 42.1 Å². The van der Waals surface area contributed by atoms with Gasteiger partial charge < -0.3 is 4.90 Å². The van der Waals surface area contributed by atoms with Gasteiger partial charge in [0, 0.05) is 18.7 Å². The molecule has 1 saturated heterocycles. The molecule has 0 aromatic heterocycles. The Kier molecular flexibility index (Phi) is 3.82. The molecule has 2 rings (SSSR count). The molecule has 0 saturated carbocycles. The number of amides is 1. The van der Waals surface area contributed by atoms with E-state index in [-0.39, 0.29) is 5.91 Å². The van der Waals surface area contributed by atoms with Gasteiger partial charge in [0.25, 0.3) is 5.91 Å². The molecule has 1 atom stereocenters. The molecule has 1 aromatic carbocycles. The van der Waals surface area contributed by atoms with Crippen molar-refractivity contribution in [2.24, 2.45) is 5.92 Å². The van der Waals surface area contributed by atoms with Gasteiger partial charge in [-0.25, -0.2) is 0 Å². The second-order valence-corrected chi connectivity index (χ2v) is 5.20. The average Bonchev–Trinajstić information content (AvgIpc) is 2.53. The van der Waals surface area contributed by atoms with E-state index < -0.39 is 0 Å². The maximum Gasteiger partial charge on any atom is 0.253 e. The molecule has 1 aliphatic rings. The van der Waals surface area contributed by atoms with Gasteiger partial charge in [0.15, 0.2) is 0 Å². The minimum Gasteiger partial charge on any atom is -0.339 e. The summed E-state index contributed by atoms with van der Waals surface area (Å²) in [5.41, 5.74) is 1.98. The molecule has 0 aliphatic carbocycles. The fourth-order valence-electron chi connectivity index (χ4n) is 2.43. The zero-order chi connectivity index (χ0) is 12.3. The second kappa shape index (κ2) is 5.35. The van der Waals surface area contributed by atoms with Gasteiger partial charge in [0.1, 0.15) is 0 Å². The van der Waals surface area contributed by atoms with Crippen LogP contribution in [0, 0.1) is 12.8 Å². The van der Waals surface area contributed by atoms with Crippen molar-refractivity contribution in [3.05, 3.63) is 35.4 Å². The molecule has 1 heterocycles. The van der Waals surface area contributed by atoms with E-state index in [1.54, 1.807) is 0 Å². The summed E-state index contributed by atoms with van der Waals surface area (Å²) in [5, 5.41) is 0. The Morgan fingerprint density at radius 3 is 2.88 bits per heavy atom. The fourth-order valence-corrected chi connectivity index (χ4v) is 2.43. The van der Waals surface area contributed by atoms with Gasteiger partial charge >= 0.3 is 0 Å². The summed E-state index contributed by atoms with van der Waals surface area (Å²) in [4.78, 5) is 14.3. The fraction of sp³-hybridized carbons (Fsp3) is 0.533. The van der Waals surface area contributed by atoms with Gasteiger partial charge in [-0.1, -0.05) is 24.6 Å². The van der Waals surface area contributed by atoms with Crippen LogP contribution in [-0.4, -0.2) is 23.9 Å². The summed E-state index contributed by atoms with van der Waals surface area (Å²) < 4.78 is 0. The predicted octanol–water partition coefficient (Wildman–Crippen LogP) is 3.26. The first-order chi connectivity index (χ1) is 8.16. The Morgan fingerprint density at radius 1 is 1.29 bits per heavy atom. The maximum absolute atomic E-state index is 12.3. The molecule has 0 spiro atoms. The number of likely N-dealkylation sites (tertiary alicyclic amines) is 1. The average molecular weight is 231 g/mol. The maximum atomic E-state index is 12.3. The number of carbonyl (C=O) groups excluding carboxylic acids is 1. The van der Waals surface area contributed by atoms with Crippen LogP contribution >= 0.6 is 0 Å². The van der Waals surface area contributed by atoms with Crippen LogP contribution in [0.2, 0.25) is 0 Å². The van der Waals surface area contributed by atoms with Gasteiger partial charge in [-0.3, -0.25) is 4.79 Å². The van der Waals surface area contributed by atoms with E-state index in [4.69, 9.17) is 0 Å². The van der Waals surface area contributed by atoms with Crippen LogP contribution in [0.4, 0.5) is 0 Å². The monoisotopic (exact) mass is 231 g/mol. The van der Waals surface area contributed by atoms with Crippen molar-refractivity contribution in [1.82, 2.24) is 4.90 Å². The molecule has 1 unspecified atom stereocenters. The molecule has 1 amide bonds. The van der Waals surface area contributed by atoms with E-state index in [9.17, 15) is 4.79 Å². The summed E-state index contributed by atoms with van der Waals surface area (Å²) in [6.07, 6.45) is 3.52. The smallest absolute Gasteiger partial charge is 0.253 e. The first kappa shape index (κ1) is 12.2. The standard InChI is InChI=1S/C15H21NO/c1-12-6-4-9-16(10-8-12)15(17)14-7-3-5-13(2)11-14/h3,5,7,11-12H,4,6,8-10H2,1-2H3. The third-order valence-electron chi connectivity index (χ3n) is 3.57. The zero-order valence-corrected chi connectivity index (χ0v) is 10.8. The number of hydrogen-bond acceptors (Lipinski definition) is 1. The molecule has 0 bridgehead atoms. The van der Waals surface area contributed by atoms with Crippen LogP contribution < -0.4 is 0 Å². The highest BCUT2D eigenvalue weighted by molar-refractivity contribution is 5.94. The molecule has 17 heavy (non-hydrogen) atoms. The number of nitrogens with zero attached hydrogens (tertiary/aromatic N) is 1. The SMILES string of the molecule is Cc1cccc(C(=O)N2CCCC(C)CC2)c1. The van der Waals surface area contributed by atoms with E-state index in [1.165, 1.54) is 6.42 Å². The lowest BCUT2D eigenvalue weighted by molar-refractivity contribution is 0.0760. The normalized spacial score (nSPS) is 21.1. The molecule has 1 aliphatic heterocycles. The number of benzene rings is 1. The summed E-state index contributed by atoms with van der Waals surface area (Å²) in [7, 11) is 0. The molecule has 1 aromatic rings. The number of carbonyl (C=O) groups is 1. The molecular weight excluding hydrogens is 210 g/mol. The summed E-state index contributed by atoms with van der Waals surface area (Å²) in [5.74, 6) is 0.952. The van der Waals surface area contributed by atoms with Crippen molar-refractivity contribution in [2.75, 3.05) is 13.1 Å². The highest BCUT2D eigenvalue weighted by Gasteiger charge is 2.19. The van der Waals surface area contributed by atoms with Crippen molar-refractivity contribution >= 4 is 5.91 Å². The first-order valence-corrected chi connectivity index (χ1v) is 6.53. The quantitative estimate of drug-likeness (QED) is 0.726. The molecule has 1 fully saturated rings. The van der Waals surface area contributed by atoms with Gasteiger partial charge in [-0.2, -0.15) is 0 Å².